The summed E-state index contributed by atoms with van der Waals surface area (Å²) in [6.45, 7) is 3.19. The number of aromatic nitrogens is 1. The lowest BCUT2D eigenvalue weighted by molar-refractivity contribution is 0.586. The lowest BCUT2D eigenvalue weighted by atomic mass is 10.2. The van der Waals surface area contributed by atoms with Crippen LogP contribution in [0.4, 0.5) is 0 Å². The van der Waals surface area contributed by atoms with Crippen molar-refractivity contribution in [1.82, 2.24) is 10.3 Å². The van der Waals surface area contributed by atoms with E-state index in [1.165, 1.54) is 29.0 Å². The second-order valence-electron chi connectivity index (χ2n) is 4.52. The van der Waals surface area contributed by atoms with E-state index in [0.29, 0.717) is 6.04 Å². The van der Waals surface area contributed by atoms with Gasteiger partial charge in [0.2, 0.25) is 0 Å². The van der Waals surface area contributed by atoms with E-state index in [1.54, 1.807) is 21.8 Å². The number of nitrogens with one attached hydrogen (secondary N) is 1. The fraction of sp³-hybridized carbons (Fsp3) is 0.462. The summed E-state index contributed by atoms with van der Waals surface area (Å²) >= 11 is 3.71. The van der Waals surface area contributed by atoms with Crippen LogP contribution < -0.4 is 5.32 Å². The van der Waals surface area contributed by atoms with Crippen molar-refractivity contribution >= 4 is 22.7 Å². The third kappa shape index (κ3) is 2.44. The average molecular weight is 264 g/mol. The lowest BCUT2D eigenvalue weighted by Gasteiger charge is -2.10. The summed E-state index contributed by atoms with van der Waals surface area (Å²) < 4.78 is 0. The molecule has 0 saturated carbocycles. The number of hydrogen-bond donors (Lipinski definition) is 1. The molecular formula is C13H16N2S2. The van der Waals surface area contributed by atoms with Crippen LogP contribution in [0, 0.1) is 0 Å². The quantitative estimate of drug-likeness (QED) is 0.913. The summed E-state index contributed by atoms with van der Waals surface area (Å²) in [4.78, 5) is 8.53. The van der Waals surface area contributed by atoms with E-state index in [1.807, 2.05) is 23.0 Å². The Morgan fingerprint density at radius 2 is 2.41 bits per heavy atom. The third-order valence-electron chi connectivity index (χ3n) is 3.26. The number of thiazole rings is 1. The molecule has 2 heterocycles. The smallest absolute Gasteiger partial charge is 0.0794 e. The highest BCUT2D eigenvalue weighted by Crippen LogP contribution is 2.30. The maximum atomic E-state index is 4.12. The van der Waals surface area contributed by atoms with Gasteiger partial charge in [-0.1, -0.05) is 0 Å². The Bertz CT molecular complexity index is 466. The van der Waals surface area contributed by atoms with E-state index in [4.69, 9.17) is 0 Å². The minimum Gasteiger partial charge on any atom is -0.304 e. The number of hydrogen-bond acceptors (Lipinski definition) is 4. The van der Waals surface area contributed by atoms with Crippen LogP contribution in [-0.4, -0.2) is 4.98 Å². The number of rotatable bonds is 4. The van der Waals surface area contributed by atoms with Crippen LogP contribution in [0.1, 0.15) is 39.6 Å². The second kappa shape index (κ2) is 4.88. The molecular weight excluding hydrogens is 248 g/mol. The molecule has 1 N–H and O–H groups in total. The lowest BCUT2D eigenvalue weighted by Crippen LogP contribution is -2.16. The Morgan fingerprint density at radius 1 is 1.47 bits per heavy atom. The Kier molecular flexibility index (Phi) is 3.27. The maximum absolute atomic E-state index is 4.12. The number of aryl methyl sites for hydroxylation is 2. The van der Waals surface area contributed by atoms with Crippen molar-refractivity contribution in [3.63, 3.8) is 0 Å². The molecule has 17 heavy (non-hydrogen) atoms. The van der Waals surface area contributed by atoms with E-state index in [0.717, 1.165) is 6.54 Å². The van der Waals surface area contributed by atoms with Gasteiger partial charge in [0.05, 0.1) is 5.51 Å². The average Bonchev–Trinajstić information content (AvgIpc) is 3.01. The first-order chi connectivity index (χ1) is 8.33. The van der Waals surface area contributed by atoms with Crippen LogP contribution in [0.15, 0.2) is 17.8 Å². The molecule has 1 atom stereocenters. The number of fused-ring (bicyclic) bond motifs is 1. The highest BCUT2D eigenvalue weighted by Gasteiger charge is 2.15. The zero-order chi connectivity index (χ0) is 11.7. The molecule has 0 aromatic carbocycles. The molecule has 1 aliphatic rings. The van der Waals surface area contributed by atoms with E-state index in [2.05, 4.69) is 23.3 Å². The molecule has 1 unspecified atom stereocenters. The molecule has 0 radical (unpaired) electrons. The van der Waals surface area contributed by atoms with Gasteiger partial charge < -0.3 is 5.32 Å². The van der Waals surface area contributed by atoms with E-state index in [-0.39, 0.29) is 0 Å². The topological polar surface area (TPSA) is 24.9 Å². The first-order valence-corrected chi connectivity index (χ1v) is 7.75. The van der Waals surface area contributed by atoms with Gasteiger partial charge in [-0.2, -0.15) is 0 Å². The molecule has 1 aliphatic carbocycles. The molecule has 2 nitrogen and oxygen atoms in total. The summed E-state index contributed by atoms with van der Waals surface area (Å²) in [5.74, 6) is 0. The molecule has 3 rings (SSSR count). The van der Waals surface area contributed by atoms with Crippen molar-refractivity contribution < 1.29 is 0 Å². The summed E-state index contributed by atoms with van der Waals surface area (Å²) in [5, 5.41) is 3.57. The number of nitrogens with zero attached hydrogens (tertiary/aromatic N) is 1. The second-order valence-corrected chi connectivity index (χ2v) is 6.66. The fourth-order valence-electron chi connectivity index (χ4n) is 2.27. The Morgan fingerprint density at radius 3 is 3.18 bits per heavy atom. The van der Waals surface area contributed by atoms with Crippen molar-refractivity contribution in [2.75, 3.05) is 0 Å². The van der Waals surface area contributed by atoms with Gasteiger partial charge >= 0.3 is 0 Å². The fourth-order valence-corrected chi connectivity index (χ4v) is 4.14. The summed E-state index contributed by atoms with van der Waals surface area (Å²) in [5.41, 5.74) is 3.49. The molecule has 90 valence electrons. The minimum absolute atomic E-state index is 0.402. The zero-order valence-electron chi connectivity index (χ0n) is 9.90. The molecule has 0 saturated heterocycles. The summed E-state index contributed by atoms with van der Waals surface area (Å²) in [6, 6.07) is 2.79. The van der Waals surface area contributed by atoms with Gasteiger partial charge in [0, 0.05) is 33.4 Å². The Balaban J connectivity index is 1.60. The van der Waals surface area contributed by atoms with Crippen molar-refractivity contribution in [3.8, 4) is 0 Å². The van der Waals surface area contributed by atoms with Gasteiger partial charge in [-0.05, 0) is 37.8 Å². The van der Waals surface area contributed by atoms with Crippen LogP contribution in [0.3, 0.4) is 0 Å². The number of thiophene rings is 1. The Labute approximate surface area is 110 Å². The predicted octanol–water partition coefficient (Wildman–Crippen LogP) is 3.54. The van der Waals surface area contributed by atoms with Gasteiger partial charge in [-0.25, -0.2) is 0 Å². The molecule has 0 aliphatic heterocycles. The molecule has 0 amide bonds. The summed E-state index contributed by atoms with van der Waals surface area (Å²) in [6.07, 6.45) is 5.89. The Hall–Kier alpha value is -0.710. The van der Waals surface area contributed by atoms with Crippen molar-refractivity contribution in [2.24, 2.45) is 0 Å². The first kappa shape index (κ1) is 11.4. The van der Waals surface area contributed by atoms with Gasteiger partial charge in [-0.3, -0.25) is 4.98 Å². The molecule has 0 bridgehead atoms. The molecule has 4 heteroatoms. The van der Waals surface area contributed by atoms with Crippen LogP contribution >= 0.6 is 22.7 Å². The maximum Gasteiger partial charge on any atom is 0.0794 e. The highest BCUT2D eigenvalue weighted by atomic mass is 32.1. The normalized spacial score (nSPS) is 16.1. The minimum atomic E-state index is 0.402. The van der Waals surface area contributed by atoms with Crippen molar-refractivity contribution in [3.05, 3.63) is 38.0 Å². The van der Waals surface area contributed by atoms with E-state index >= 15 is 0 Å². The summed E-state index contributed by atoms with van der Waals surface area (Å²) in [7, 11) is 0. The molecule has 2 aromatic rings. The predicted molar refractivity (Wildman–Crippen MR) is 73.7 cm³/mol. The van der Waals surface area contributed by atoms with Gasteiger partial charge in [0.1, 0.15) is 0 Å². The SMILES string of the molecule is CC(NCc1cc2c(s1)CCC2)c1cncs1. The largest absolute Gasteiger partial charge is 0.304 e. The zero-order valence-corrected chi connectivity index (χ0v) is 11.5. The van der Waals surface area contributed by atoms with Crippen LogP contribution in [-0.2, 0) is 19.4 Å². The molecule has 0 fully saturated rings. The third-order valence-corrected chi connectivity index (χ3v) is 5.45. The molecule has 0 spiro atoms. The van der Waals surface area contributed by atoms with E-state index in [9.17, 15) is 0 Å². The highest BCUT2D eigenvalue weighted by molar-refractivity contribution is 7.12. The van der Waals surface area contributed by atoms with Gasteiger partial charge in [-0.15, -0.1) is 22.7 Å². The first-order valence-electron chi connectivity index (χ1n) is 6.05. The van der Waals surface area contributed by atoms with Crippen LogP contribution in [0.5, 0.6) is 0 Å². The van der Waals surface area contributed by atoms with Gasteiger partial charge in [0.15, 0.2) is 0 Å². The van der Waals surface area contributed by atoms with Crippen LogP contribution in [0.25, 0.3) is 0 Å². The van der Waals surface area contributed by atoms with E-state index < -0.39 is 0 Å². The van der Waals surface area contributed by atoms with Crippen LogP contribution in [0.2, 0.25) is 0 Å². The molecule has 2 aromatic heterocycles. The monoisotopic (exact) mass is 264 g/mol. The standard InChI is InChI=1S/C13H16N2S2/c1-9(13-7-14-8-16-13)15-6-11-5-10-3-2-4-12(10)17-11/h5,7-9,15H,2-4,6H2,1H3. The van der Waals surface area contributed by atoms with Gasteiger partial charge in [0.25, 0.3) is 0 Å². The van der Waals surface area contributed by atoms with Crippen molar-refractivity contribution in [1.29, 1.82) is 0 Å². The van der Waals surface area contributed by atoms with Crippen molar-refractivity contribution in [2.45, 2.75) is 38.8 Å².